The normalized spacial score (nSPS) is 10.9. The highest BCUT2D eigenvalue weighted by atomic mass is 32.2. The van der Waals surface area contributed by atoms with Crippen LogP contribution in [0, 0.1) is 13.8 Å². The zero-order valence-corrected chi connectivity index (χ0v) is 13.9. The van der Waals surface area contributed by atoms with Gasteiger partial charge in [0.25, 0.3) is 0 Å². The molecule has 1 amide bonds. The van der Waals surface area contributed by atoms with Crippen molar-refractivity contribution in [1.82, 2.24) is 14.9 Å². The van der Waals surface area contributed by atoms with E-state index < -0.39 is 0 Å². The van der Waals surface area contributed by atoms with Crippen molar-refractivity contribution in [2.75, 3.05) is 19.5 Å². The Morgan fingerprint density at radius 1 is 1.50 bits per heavy atom. The highest BCUT2D eigenvalue weighted by Gasteiger charge is 2.13. The van der Waals surface area contributed by atoms with Gasteiger partial charge in [0.2, 0.25) is 5.91 Å². The highest BCUT2D eigenvalue weighted by molar-refractivity contribution is 7.99. The van der Waals surface area contributed by atoms with E-state index in [2.05, 4.69) is 14.9 Å². The molecular weight excluding hydrogens is 302 g/mol. The van der Waals surface area contributed by atoms with Gasteiger partial charge in [-0.05, 0) is 26.0 Å². The molecule has 2 rings (SSSR count). The minimum Gasteiger partial charge on any atom is -0.467 e. The molecular formula is C15H21N3O3S. The van der Waals surface area contributed by atoms with Crippen LogP contribution in [0.3, 0.4) is 0 Å². The van der Waals surface area contributed by atoms with Crippen LogP contribution in [0.25, 0.3) is 0 Å². The first-order valence-electron chi connectivity index (χ1n) is 7.06. The number of carbonyl (C=O) groups is 1. The summed E-state index contributed by atoms with van der Waals surface area (Å²) >= 11 is 1.43. The summed E-state index contributed by atoms with van der Waals surface area (Å²) in [6.07, 6.45) is 1.59. The monoisotopic (exact) mass is 323 g/mol. The van der Waals surface area contributed by atoms with E-state index in [0.29, 0.717) is 18.9 Å². The average Bonchev–Trinajstić information content (AvgIpc) is 3.11. The van der Waals surface area contributed by atoms with E-state index in [4.69, 9.17) is 9.15 Å². The first-order valence-corrected chi connectivity index (χ1v) is 8.05. The summed E-state index contributed by atoms with van der Waals surface area (Å²) in [5, 5.41) is 3.67. The van der Waals surface area contributed by atoms with Gasteiger partial charge in [0, 0.05) is 19.3 Å². The molecule has 7 heteroatoms. The quantitative estimate of drug-likeness (QED) is 0.754. The van der Waals surface area contributed by atoms with Crippen LogP contribution in [0.5, 0.6) is 0 Å². The molecule has 2 heterocycles. The van der Waals surface area contributed by atoms with Crippen molar-refractivity contribution in [2.45, 2.75) is 32.1 Å². The molecule has 0 bridgehead atoms. The average molecular weight is 323 g/mol. The lowest BCUT2D eigenvalue weighted by Gasteiger charge is -2.09. The SMILES string of the molecule is COCCn1c(SCC(=O)NCc2ccco2)nc(C)c1C. The number of aromatic nitrogens is 2. The van der Waals surface area contributed by atoms with E-state index in [1.165, 1.54) is 11.8 Å². The number of nitrogens with one attached hydrogen (secondary N) is 1. The molecule has 22 heavy (non-hydrogen) atoms. The third-order valence-corrected chi connectivity index (χ3v) is 4.29. The molecule has 0 aromatic carbocycles. The number of carbonyl (C=O) groups excluding carboxylic acids is 1. The maximum absolute atomic E-state index is 11.9. The largest absolute Gasteiger partial charge is 0.467 e. The van der Waals surface area contributed by atoms with E-state index in [9.17, 15) is 4.79 Å². The molecule has 6 nitrogen and oxygen atoms in total. The van der Waals surface area contributed by atoms with E-state index in [1.54, 1.807) is 19.4 Å². The van der Waals surface area contributed by atoms with Gasteiger partial charge in [-0.2, -0.15) is 0 Å². The Balaban J connectivity index is 1.87. The number of hydrogen-bond donors (Lipinski definition) is 1. The second-order valence-corrected chi connectivity index (χ2v) is 5.80. The molecule has 1 N–H and O–H groups in total. The second kappa shape index (κ2) is 8.05. The predicted octanol–water partition coefficient (Wildman–Crippen LogP) is 2.15. The van der Waals surface area contributed by atoms with Crippen molar-refractivity contribution in [3.63, 3.8) is 0 Å². The molecule has 0 aliphatic rings. The molecule has 0 fully saturated rings. The first-order chi connectivity index (χ1) is 10.6. The number of aryl methyl sites for hydroxylation is 1. The van der Waals surface area contributed by atoms with E-state index in [-0.39, 0.29) is 5.91 Å². The topological polar surface area (TPSA) is 69.3 Å². The van der Waals surface area contributed by atoms with Crippen molar-refractivity contribution in [2.24, 2.45) is 0 Å². The molecule has 0 spiro atoms. The van der Waals surface area contributed by atoms with Crippen molar-refractivity contribution in [1.29, 1.82) is 0 Å². The molecule has 2 aromatic rings. The van der Waals surface area contributed by atoms with E-state index in [0.717, 1.165) is 28.8 Å². The summed E-state index contributed by atoms with van der Waals surface area (Å²) < 4.78 is 12.4. The lowest BCUT2D eigenvalue weighted by atomic mass is 10.4. The Morgan fingerprint density at radius 3 is 3.00 bits per heavy atom. The second-order valence-electron chi connectivity index (χ2n) is 4.85. The van der Waals surface area contributed by atoms with Gasteiger partial charge in [0.1, 0.15) is 5.76 Å². The number of nitrogens with zero attached hydrogens (tertiary/aromatic N) is 2. The van der Waals surface area contributed by atoms with Crippen molar-refractivity contribution < 1.29 is 13.9 Å². The summed E-state index contributed by atoms with van der Waals surface area (Å²) in [5.74, 6) is 1.02. The smallest absolute Gasteiger partial charge is 0.230 e. The molecule has 2 aromatic heterocycles. The molecule has 0 saturated heterocycles. The Hall–Kier alpha value is -1.73. The van der Waals surface area contributed by atoms with Crippen LogP contribution >= 0.6 is 11.8 Å². The van der Waals surface area contributed by atoms with Gasteiger partial charge in [-0.25, -0.2) is 4.98 Å². The standard InChI is InChI=1S/C15H21N3O3S/c1-11-12(2)18(6-8-20-3)15(17-11)22-10-14(19)16-9-13-5-4-7-21-13/h4-5,7H,6,8-10H2,1-3H3,(H,16,19). The third kappa shape index (κ3) is 4.38. The van der Waals surface area contributed by atoms with Crippen LogP contribution in [0.1, 0.15) is 17.1 Å². The number of furan rings is 1. The zero-order chi connectivity index (χ0) is 15.9. The zero-order valence-electron chi connectivity index (χ0n) is 13.1. The fourth-order valence-corrected chi connectivity index (χ4v) is 2.91. The number of rotatable bonds is 8. The van der Waals surface area contributed by atoms with Crippen LogP contribution < -0.4 is 5.32 Å². The van der Waals surface area contributed by atoms with Crippen molar-refractivity contribution in [3.05, 3.63) is 35.5 Å². The first kappa shape index (κ1) is 16.6. The molecule has 0 unspecified atom stereocenters. The summed E-state index contributed by atoms with van der Waals surface area (Å²) in [6, 6.07) is 3.63. The van der Waals surface area contributed by atoms with E-state index >= 15 is 0 Å². The summed E-state index contributed by atoms with van der Waals surface area (Å²) in [4.78, 5) is 16.4. The van der Waals surface area contributed by atoms with Crippen molar-refractivity contribution >= 4 is 17.7 Å². The molecule has 0 aliphatic carbocycles. The maximum atomic E-state index is 11.9. The maximum Gasteiger partial charge on any atom is 0.230 e. The van der Waals surface area contributed by atoms with E-state index in [1.807, 2.05) is 19.9 Å². The molecule has 0 radical (unpaired) electrons. The van der Waals surface area contributed by atoms with Crippen LogP contribution in [0.4, 0.5) is 0 Å². The number of hydrogen-bond acceptors (Lipinski definition) is 5. The number of ether oxygens (including phenoxy) is 1. The van der Waals surface area contributed by atoms with Crippen LogP contribution in [-0.4, -0.2) is 34.9 Å². The summed E-state index contributed by atoms with van der Waals surface area (Å²) in [6.45, 7) is 5.76. The molecule has 120 valence electrons. The number of amides is 1. The Morgan fingerprint density at radius 2 is 2.32 bits per heavy atom. The molecule has 0 atom stereocenters. The van der Waals surface area contributed by atoms with Crippen LogP contribution in [0.15, 0.2) is 28.0 Å². The van der Waals surface area contributed by atoms with Crippen molar-refractivity contribution in [3.8, 4) is 0 Å². The minimum atomic E-state index is -0.0435. The lowest BCUT2D eigenvalue weighted by Crippen LogP contribution is -2.24. The van der Waals surface area contributed by atoms with Gasteiger partial charge in [-0.1, -0.05) is 11.8 Å². The van der Waals surface area contributed by atoms with Crippen LogP contribution in [0.2, 0.25) is 0 Å². The van der Waals surface area contributed by atoms with Gasteiger partial charge < -0.3 is 19.0 Å². The van der Waals surface area contributed by atoms with Gasteiger partial charge in [-0.3, -0.25) is 4.79 Å². The number of methoxy groups -OCH3 is 1. The third-order valence-electron chi connectivity index (χ3n) is 3.31. The fraction of sp³-hybridized carbons (Fsp3) is 0.467. The molecule has 0 saturated carbocycles. The predicted molar refractivity (Wildman–Crippen MR) is 84.9 cm³/mol. The fourth-order valence-electron chi connectivity index (χ4n) is 1.96. The summed E-state index contributed by atoms with van der Waals surface area (Å²) in [5.41, 5.74) is 2.09. The number of thioether (sulfide) groups is 1. The molecule has 0 aliphatic heterocycles. The van der Waals surface area contributed by atoms with Crippen LogP contribution in [-0.2, 0) is 22.6 Å². The summed E-state index contributed by atoms with van der Waals surface area (Å²) in [7, 11) is 1.67. The van der Waals surface area contributed by atoms with Gasteiger partial charge >= 0.3 is 0 Å². The Bertz CT molecular complexity index is 608. The Labute approximate surface area is 134 Å². The minimum absolute atomic E-state index is 0.0435. The highest BCUT2D eigenvalue weighted by Crippen LogP contribution is 2.21. The Kier molecular flexibility index (Phi) is 6.09. The van der Waals surface area contributed by atoms with Gasteiger partial charge in [0.05, 0.1) is 30.9 Å². The number of imidazole rings is 1. The van der Waals surface area contributed by atoms with Gasteiger partial charge in [0.15, 0.2) is 5.16 Å². The lowest BCUT2D eigenvalue weighted by molar-refractivity contribution is -0.118. The van der Waals surface area contributed by atoms with Gasteiger partial charge in [-0.15, -0.1) is 0 Å².